The van der Waals surface area contributed by atoms with Gasteiger partial charge in [0.2, 0.25) is 0 Å². The Kier molecular flexibility index (Phi) is 5.37. The first-order valence-electron chi connectivity index (χ1n) is 6.21. The minimum Gasteiger partial charge on any atom is -0.366 e. The normalized spacial score (nSPS) is 18.6. The van der Waals surface area contributed by atoms with Gasteiger partial charge in [0.1, 0.15) is 6.10 Å². The Balaban J connectivity index is 0.00000147. The Morgan fingerprint density at radius 1 is 1.35 bits per heavy atom. The van der Waals surface area contributed by atoms with E-state index in [9.17, 15) is 0 Å². The van der Waals surface area contributed by atoms with E-state index in [-0.39, 0.29) is 18.5 Å². The van der Waals surface area contributed by atoms with Crippen LogP contribution in [0.1, 0.15) is 23.4 Å². The number of morpholine rings is 1. The van der Waals surface area contributed by atoms with Crippen molar-refractivity contribution in [2.75, 3.05) is 19.7 Å². The monoisotopic (exact) mass is 315 g/mol. The molecule has 1 aliphatic heterocycles. The molecule has 1 aromatic heterocycles. The standard InChI is InChI=1S/C13H14ClN3O2.ClH/c14-10-4-2-1-3-9(10)7-12-16-13(19-17-12)11-8-15-5-6-18-11;/h1-4,11,15H,5-8H2;1H/t11-;/m1./s1. The number of benzene rings is 1. The lowest BCUT2D eigenvalue weighted by Gasteiger charge is -2.19. The zero-order chi connectivity index (χ0) is 13.1. The molecule has 5 nitrogen and oxygen atoms in total. The summed E-state index contributed by atoms with van der Waals surface area (Å²) in [6, 6.07) is 7.65. The smallest absolute Gasteiger partial charge is 0.257 e. The number of aromatic nitrogens is 2. The van der Waals surface area contributed by atoms with Gasteiger partial charge in [0.15, 0.2) is 5.82 Å². The number of rotatable bonds is 3. The quantitative estimate of drug-likeness (QED) is 0.942. The zero-order valence-electron chi connectivity index (χ0n) is 10.7. The van der Waals surface area contributed by atoms with Gasteiger partial charge in [0.05, 0.1) is 6.61 Å². The Morgan fingerprint density at radius 3 is 2.95 bits per heavy atom. The molecule has 0 radical (unpaired) electrons. The van der Waals surface area contributed by atoms with E-state index in [0.29, 0.717) is 36.3 Å². The number of nitrogens with one attached hydrogen (secondary N) is 1. The minimum absolute atomic E-state index is 0. The van der Waals surface area contributed by atoms with Crippen LogP contribution in [0.15, 0.2) is 28.8 Å². The van der Waals surface area contributed by atoms with Gasteiger partial charge in [-0.25, -0.2) is 0 Å². The fraction of sp³-hybridized carbons (Fsp3) is 0.385. The summed E-state index contributed by atoms with van der Waals surface area (Å²) in [6.45, 7) is 2.22. The Morgan fingerprint density at radius 2 is 2.20 bits per heavy atom. The van der Waals surface area contributed by atoms with Crippen LogP contribution in [0, 0.1) is 0 Å². The lowest BCUT2D eigenvalue weighted by Crippen LogP contribution is -2.33. The van der Waals surface area contributed by atoms with Crippen molar-refractivity contribution < 1.29 is 9.26 Å². The molecule has 0 aliphatic carbocycles. The molecule has 1 aliphatic rings. The van der Waals surface area contributed by atoms with E-state index in [1.54, 1.807) is 0 Å². The Hall–Kier alpha value is -1.14. The molecule has 1 fully saturated rings. The molecular weight excluding hydrogens is 301 g/mol. The van der Waals surface area contributed by atoms with Crippen molar-refractivity contribution in [3.8, 4) is 0 Å². The van der Waals surface area contributed by atoms with Crippen LogP contribution >= 0.6 is 24.0 Å². The average molecular weight is 316 g/mol. The number of halogens is 2. The summed E-state index contributed by atoms with van der Waals surface area (Å²) >= 11 is 6.11. The molecule has 2 heterocycles. The van der Waals surface area contributed by atoms with E-state index in [4.69, 9.17) is 20.9 Å². The molecule has 0 amide bonds. The predicted octanol–water partition coefficient (Wildman–Crippen LogP) is 2.40. The third kappa shape index (κ3) is 3.49. The van der Waals surface area contributed by atoms with E-state index in [1.807, 2.05) is 24.3 Å². The van der Waals surface area contributed by atoms with E-state index in [1.165, 1.54) is 0 Å². The molecular formula is C13H15Cl2N3O2. The molecule has 0 unspecified atom stereocenters. The summed E-state index contributed by atoms with van der Waals surface area (Å²) in [5.74, 6) is 1.14. The van der Waals surface area contributed by atoms with Crippen molar-refractivity contribution in [2.24, 2.45) is 0 Å². The van der Waals surface area contributed by atoms with E-state index >= 15 is 0 Å². The maximum absolute atomic E-state index is 6.11. The largest absolute Gasteiger partial charge is 0.366 e. The second-order valence-electron chi connectivity index (χ2n) is 4.38. The van der Waals surface area contributed by atoms with Gasteiger partial charge in [-0.15, -0.1) is 12.4 Å². The van der Waals surface area contributed by atoms with Crippen LogP contribution in [0.25, 0.3) is 0 Å². The molecule has 0 saturated carbocycles. The first-order valence-corrected chi connectivity index (χ1v) is 6.59. The van der Waals surface area contributed by atoms with Crippen LogP contribution in [0.2, 0.25) is 5.02 Å². The van der Waals surface area contributed by atoms with E-state index < -0.39 is 0 Å². The molecule has 3 rings (SSSR count). The zero-order valence-corrected chi connectivity index (χ0v) is 12.3. The lowest BCUT2D eigenvalue weighted by atomic mass is 10.1. The van der Waals surface area contributed by atoms with Gasteiger partial charge in [-0.1, -0.05) is 35.0 Å². The SMILES string of the molecule is Cl.Clc1ccccc1Cc1noc([C@H]2CNCCO2)n1. The van der Waals surface area contributed by atoms with Gasteiger partial charge < -0.3 is 14.6 Å². The average Bonchev–Trinajstić information content (AvgIpc) is 2.91. The summed E-state index contributed by atoms with van der Waals surface area (Å²) < 4.78 is 10.8. The maximum Gasteiger partial charge on any atom is 0.257 e. The summed E-state index contributed by atoms with van der Waals surface area (Å²) in [6.07, 6.45) is 0.407. The van der Waals surface area contributed by atoms with Gasteiger partial charge in [0.25, 0.3) is 5.89 Å². The topological polar surface area (TPSA) is 60.2 Å². The molecule has 108 valence electrons. The number of nitrogens with zero attached hydrogens (tertiary/aromatic N) is 2. The summed E-state index contributed by atoms with van der Waals surface area (Å²) in [5, 5.41) is 7.92. The third-order valence-corrected chi connectivity index (χ3v) is 3.36. The van der Waals surface area contributed by atoms with Crippen LogP contribution in [0.5, 0.6) is 0 Å². The Bertz CT molecular complexity index is 556. The lowest BCUT2D eigenvalue weighted by molar-refractivity contribution is 0.00755. The summed E-state index contributed by atoms with van der Waals surface area (Å²) in [7, 11) is 0. The molecule has 1 saturated heterocycles. The third-order valence-electron chi connectivity index (χ3n) is 2.99. The second-order valence-corrected chi connectivity index (χ2v) is 4.79. The molecule has 2 aromatic rings. The van der Waals surface area contributed by atoms with Gasteiger partial charge >= 0.3 is 0 Å². The number of hydrogen-bond donors (Lipinski definition) is 1. The van der Waals surface area contributed by atoms with Crippen LogP contribution in [0.3, 0.4) is 0 Å². The van der Waals surface area contributed by atoms with Crippen molar-refractivity contribution in [2.45, 2.75) is 12.5 Å². The summed E-state index contributed by atoms with van der Waals surface area (Å²) in [5.41, 5.74) is 0.985. The van der Waals surface area contributed by atoms with Gasteiger partial charge in [0, 0.05) is 24.5 Å². The molecule has 1 N–H and O–H groups in total. The fourth-order valence-electron chi connectivity index (χ4n) is 2.01. The van der Waals surface area contributed by atoms with E-state index in [2.05, 4.69) is 15.5 Å². The Labute approximate surface area is 128 Å². The molecule has 1 aromatic carbocycles. The van der Waals surface area contributed by atoms with Crippen molar-refractivity contribution in [1.29, 1.82) is 0 Å². The maximum atomic E-state index is 6.11. The van der Waals surface area contributed by atoms with Gasteiger partial charge in [-0.05, 0) is 11.6 Å². The van der Waals surface area contributed by atoms with Crippen LogP contribution < -0.4 is 5.32 Å². The van der Waals surface area contributed by atoms with E-state index in [0.717, 1.165) is 12.1 Å². The van der Waals surface area contributed by atoms with Crippen molar-refractivity contribution in [3.05, 3.63) is 46.6 Å². The highest BCUT2D eigenvalue weighted by molar-refractivity contribution is 6.31. The fourth-order valence-corrected chi connectivity index (χ4v) is 2.21. The first kappa shape index (κ1) is 15.3. The van der Waals surface area contributed by atoms with Gasteiger partial charge in [-0.2, -0.15) is 4.98 Å². The molecule has 0 spiro atoms. The van der Waals surface area contributed by atoms with Crippen LogP contribution in [-0.4, -0.2) is 29.8 Å². The highest BCUT2D eigenvalue weighted by atomic mass is 35.5. The molecule has 20 heavy (non-hydrogen) atoms. The summed E-state index contributed by atoms with van der Waals surface area (Å²) in [4.78, 5) is 4.37. The van der Waals surface area contributed by atoms with Gasteiger partial charge in [-0.3, -0.25) is 0 Å². The molecule has 1 atom stereocenters. The first-order chi connectivity index (χ1) is 9.33. The number of ether oxygens (including phenoxy) is 1. The van der Waals surface area contributed by atoms with Crippen molar-refractivity contribution in [1.82, 2.24) is 15.5 Å². The van der Waals surface area contributed by atoms with Crippen LogP contribution in [0.4, 0.5) is 0 Å². The highest BCUT2D eigenvalue weighted by Gasteiger charge is 2.22. The molecule has 7 heteroatoms. The minimum atomic E-state index is -0.152. The van der Waals surface area contributed by atoms with Crippen LogP contribution in [-0.2, 0) is 11.2 Å². The van der Waals surface area contributed by atoms with Crippen molar-refractivity contribution >= 4 is 24.0 Å². The highest BCUT2D eigenvalue weighted by Crippen LogP contribution is 2.20. The predicted molar refractivity (Wildman–Crippen MR) is 77.4 cm³/mol. The number of hydrogen-bond acceptors (Lipinski definition) is 5. The second kappa shape index (κ2) is 7.04. The molecule has 0 bridgehead atoms. The van der Waals surface area contributed by atoms with Crippen molar-refractivity contribution in [3.63, 3.8) is 0 Å².